The van der Waals surface area contributed by atoms with Crippen molar-refractivity contribution in [1.29, 1.82) is 0 Å². The number of benzene rings is 2. The summed E-state index contributed by atoms with van der Waals surface area (Å²) in [4.78, 5) is 13.4. The van der Waals surface area contributed by atoms with Crippen LogP contribution in [0.1, 0.15) is 10.4 Å². The van der Waals surface area contributed by atoms with E-state index in [4.69, 9.17) is 14.2 Å². The van der Waals surface area contributed by atoms with Crippen LogP contribution >= 0.6 is 0 Å². The summed E-state index contributed by atoms with van der Waals surface area (Å²) in [7, 11) is 1.57. The highest BCUT2D eigenvalue weighted by atomic mass is 16.6. The highest BCUT2D eigenvalue weighted by Gasteiger charge is 2.31. The van der Waals surface area contributed by atoms with E-state index in [0.29, 0.717) is 29.4 Å². The Morgan fingerprint density at radius 3 is 2.94 bits per heavy atom. The van der Waals surface area contributed by atoms with Gasteiger partial charge in [0.1, 0.15) is 12.4 Å². The van der Waals surface area contributed by atoms with Crippen LogP contribution in [0.5, 0.6) is 17.2 Å². The SMILES string of the molecule is COc1ccc2c(c1)OC(C(=O)c1cn(CCO)c3cc(-c4cn[nH]c4)ccc13)CO2. The molecule has 0 saturated carbocycles. The molecular weight excluding hydrogens is 398 g/mol. The number of carbonyl (C=O) groups excluding carboxylic acids is 1. The second-order valence-corrected chi connectivity index (χ2v) is 7.27. The van der Waals surface area contributed by atoms with E-state index in [2.05, 4.69) is 10.2 Å². The molecule has 2 N–H and O–H groups in total. The number of aromatic nitrogens is 3. The van der Waals surface area contributed by atoms with Gasteiger partial charge in [0.15, 0.2) is 17.6 Å². The minimum absolute atomic E-state index is 0.0381. The molecule has 5 rings (SSSR count). The lowest BCUT2D eigenvalue weighted by Crippen LogP contribution is -2.36. The number of ketones is 1. The third-order valence-electron chi connectivity index (χ3n) is 5.42. The molecule has 0 radical (unpaired) electrons. The van der Waals surface area contributed by atoms with Gasteiger partial charge in [0.2, 0.25) is 5.78 Å². The fourth-order valence-corrected chi connectivity index (χ4v) is 3.85. The number of aromatic amines is 1. The second-order valence-electron chi connectivity index (χ2n) is 7.27. The van der Waals surface area contributed by atoms with E-state index >= 15 is 0 Å². The number of rotatable bonds is 6. The zero-order valence-electron chi connectivity index (χ0n) is 16.9. The van der Waals surface area contributed by atoms with E-state index in [1.54, 1.807) is 37.7 Å². The van der Waals surface area contributed by atoms with Crippen LogP contribution in [0.25, 0.3) is 22.0 Å². The molecule has 0 bridgehead atoms. The number of nitrogens with one attached hydrogen (secondary N) is 1. The van der Waals surface area contributed by atoms with Gasteiger partial charge >= 0.3 is 0 Å². The van der Waals surface area contributed by atoms with Crippen molar-refractivity contribution in [1.82, 2.24) is 14.8 Å². The maximum Gasteiger partial charge on any atom is 0.209 e. The molecule has 8 nitrogen and oxygen atoms in total. The molecule has 158 valence electrons. The van der Waals surface area contributed by atoms with Crippen LogP contribution in [0.3, 0.4) is 0 Å². The van der Waals surface area contributed by atoms with Gasteiger partial charge in [-0.3, -0.25) is 9.89 Å². The van der Waals surface area contributed by atoms with Gasteiger partial charge in [0.05, 0.1) is 19.9 Å². The summed E-state index contributed by atoms with van der Waals surface area (Å²) in [5, 5.41) is 17.1. The molecule has 31 heavy (non-hydrogen) atoms. The van der Waals surface area contributed by atoms with Crippen LogP contribution in [-0.4, -0.2) is 52.1 Å². The molecular formula is C23H21N3O5. The summed E-state index contributed by atoms with van der Waals surface area (Å²) in [5.74, 6) is 1.51. The summed E-state index contributed by atoms with van der Waals surface area (Å²) >= 11 is 0. The third-order valence-corrected chi connectivity index (χ3v) is 5.42. The van der Waals surface area contributed by atoms with Crippen LogP contribution in [0.4, 0.5) is 0 Å². The van der Waals surface area contributed by atoms with Gasteiger partial charge in [-0.05, 0) is 23.8 Å². The van der Waals surface area contributed by atoms with E-state index in [0.717, 1.165) is 22.0 Å². The fourth-order valence-electron chi connectivity index (χ4n) is 3.85. The van der Waals surface area contributed by atoms with Gasteiger partial charge < -0.3 is 23.9 Å². The molecule has 2 aromatic carbocycles. The molecule has 1 aliphatic heterocycles. The van der Waals surface area contributed by atoms with E-state index < -0.39 is 6.10 Å². The van der Waals surface area contributed by atoms with Crippen molar-refractivity contribution < 1.29 is 24.1 Å². The van der Waals surface area contributed by atoms with Gasteiger partial charge in [0.25, 0.3) is 0 Å². The zero-order chi connectivity index (χ0) is 21.4. The molecule has 1 aliphatic rings. The lowest BCUT2D eigenvalue weighted by atomic mass is 10.0. The summed E-state index contributed by atoms with van der Waals surface area (Å²) in [6, 6.07) is 11.1. The van der Waals surface area contributed by atoms with Crippen molar-refractivity contribution in [2.24, 2.45) is 0 Å². The Morgan fingerprint density at radius 2 is 2.16 bits per heavy atom. The Morgan fingerprint density at radius 1 is 1.26 bits per heavy atom. The monoisotopic (exact) mass is 419 g/mol. The Labute approximate surface area is 178 Å². The Bertz CT molecular complexity index is 1250. The van der Waals surface area contributed by atoms with Gasteiger partial charge in [-0.15, -0.1) is 0 Å². The first-order chi connectivity index (χ1) is 15.2. The molecule has 1 atom stereocenters. The van der Waals surface area contributed by atoms with Crippen molar-refractivity contribution in [2.75, 3.05) is 20.3 Å². The number of hydrogen-bond donors (Lipinski definition) is 2. The summed E-state index contributed by atoms with van der Waals surface area (Å²) in [6.45, 7) is 0.460. The smallest absolute Gasteiger partial charge is 0.209 e. The Balaban J connectivity index is 1.51. The number of hydrogen-bond acceptors (Lipinski definition) is 6. The van der Waals surface area contributed by atoms with Gasteiger partial charge in [0, 0.05) is 47.0 Å². The van der Waals surface area contributed by atoms with Crippen LogP contribution in [-0.2, 0) is 6.54 Å². The minimum atomic E-state index is -0.777. The number of carbonyl (C=O) groups is 1. The predicted octanol–water partition coefficient (Wildman–Crippen LogP) is 3.06. The van der Waals surface area contributed by atoms with Crippen molar-refractivity contribution >= 4 is 16.7 Å². The molecule has 0 amide bonds. The van der Waals surface area contributed by atoms with E-state index in [9.17, 15) is 9.90 Å². The largest absolute Gasteiger partial charge is 0.497 e. The average molecular weight is 419 g/mol. The molecule has 2 aromatic heterocycles. The quantitative estimate of drug-likeness (QED) is 0.466. The highest BCUT2D eigenvalue weighted by Crippen LogP contribution is 2.36. The molecule has 4 aromatic rings. The first kappa shape index (κ1) is 19.2. The van der Waals surface area contributed by atoms with Crippen LogP contribution in [0, 0.1) is 0 Å². The molecule has 0 saturated heterocycles. The number of ether oxygens (including phenoxy) is 3. The molecule has 1 unspecified atom stereocenters. The number of methoxy groups -OCH3 is 1. The Kier molecular flexibility index (Phi) is 4.83. The average Bonchev–Trinajstić information content (AvgIpc) is 3.46. The Hall–Kier alpha value is -3.78. The van der Waals surface area contributed by atoms with E-state index in [1.165, 1.54) is 0 Å². The third kappa shape index (κ3) is 3.40. The zero-order valence-corrected chi connectivity index (χ0v) is 16.9. The topological polar surface area (TPSA) is 98.6 Å². The maximum absolute atomic E-state index is 13.4. The highest BCUT2D eigenvalue weighted by molar-refractivity contribution is 6.11. The van der Waals surface area contributed by atoms with Crippen molar-refractivity contribution in [2.45, 2.75) is 12.6 Å². The number of fused-ring (bicyclic) bond motifs is 2. The molecule has 0 spiro atoms. The number of Topliss-reactive ketones (excluding diaryl/α,β-unsaturated/α-hetero) is 1. The minimum Gasteiger partial charge on any atom is -0.497 e. The van der Waals surface area contributed by atoms with Gasteiger partial charge in [-0.1, -0.05) is 12.1 Å². The first-order valence-corrected chi connectivity index (χ1v) is 9.92. The summed E-state index contributed by atoms with van der Waals surface area (Å²) < 4.78 is 18.8. The van der Waals surface area contributed by atoms with Crippen molar-refractivity contribution in [3.8, 4) is 28.4 Å². The molecule has 0 fully saturated rings. The van der Waals surface area contributed by atoms with Gasteiger partial charge in [-0.2, -0.15) is 5.10 Å². The van der Waals surface area contributed by atoms with E-state index in [-0.39, 0.29) is 19.0 Å². The fraction of sp³-hybridized carbons (Fsp3) is 0.217. The number of H-pyrrole nitrogens is 1. The standard InChI is InChI=1S/C23H21N3O5/c1-29-16-3-5-20-21(9-16)31-22(13-30-20)23(28)18-12-26(6-7-27)19-8-14(2-4-17(18)19)15-10-24-25-11-15/h2-5,8-12,22,27H,6-7,13H2,1H3,(H,24,25). The van der Waals surface area contributed by atoms with Crippen molar-refractivity contribution in [3.05, 3.63) is 60.6 Å². The lowest BCUT2D eigenvalue weighted by molar-refractivity contribution is 0.0586. The number of aliphatic hydroxyl groups is 1. The van der Waals surface area contributed by atoms with Crippen LogP contribution in [0.15, 0.2) is 55.0 Å². The first-order valence-electron chi connectivity index (χ1n) is 9.92. The molecule has 0 aliphatic carbocycles. The number of nitrogens with zero attached hydrogens (tertiary/aromatic N) is 2. The molecule has 3 heterocycles. The second kappa shape index (κ2) is 7.81. The summed E-state index contributed by atoms with van der Waals surface area (Å²) in [6.07, 6.45) is 4.55. The van der Waals surface area contributed by atoms with Gasteiger partial charge in [-0.25, -0.2) is 0 Å². The van der Waals surface area contributed by atoms with Crippen LogP contribution < -0.4 is 14.2 Å². The summed E-state index contributed by atoms with van der Waals surface area (Å²) in [5.41, 5.74) is 3.30. The predicted molar refractivity (Wildman–Crippen MR) is 114 cm³/mol. The normalized spacial score (nSPS) is 15.2. The maximum atomic E-state index is 13.4. The van der Waals surface area contributed by atoms with Crippen LogP contribution in [0.2, 0.25) is 0 Å². The van der Waals surface area contributed by atoms with E-state index in [1.807, 2.05) is 29.0 Å². The lowest BCUT2D eigenvalue weighted by Gasteiger charge is -2.25. The van der Waals surface area contributed by atoms with Crippen molar-refractivity contribution in [3.63, 3.8) is 0 Å². The molecule has 8 heteroatoms. The number of aliphatic hydroxyl groups excluding tert-OH is 1.